The van der Waals surface area contributed by atoms with Crippen molar-refractivity contribution >= 4 is 27.9 Å². The van der Waals surface area contributed by atoms with E-state index in [0.29, 0.717) is 6.54 Å². The van der Waals surface area contributed by atoms with Gasteiger partial charge in [0.05, 0.1) is 0 Å². The van der Waals surface area contributed by atoms with Gasteiger partial charge in [-0.25, -0.2) is 4.39 Å². The average molecular weight is 334 g/mol. The van der Waals surface area contributed by atoms with E-state index in [1.165, 1.54) is 18.2 Å². The molecule has 0 aromatic heterocycles. The molecule has 0 fully saturated rings. The fourth-order valence-corrected chi connectivity index (χ4v) is 2.09. The molecule has 0 spiro atoms. The zero-order chi connectivity index (χ0) is 14.4. The van der Waals surface area contributed by atoms with E-state index in [9.17, 15) is 9.18 Å². The lowest BCUT2D eigenvalue weighted by Gasteiger charge is -2.03. The van der Waals surface area contributed by atoms with Crippen molar-refractivity contribution < 1.29 is 9.18 Å². The van der Waals surface area contributed by atoms with E-state index in [-0.39, 0.29) is 11.7 Å². The van der Waals surface area contributed by atoms with E-state index in [4.69, 9.17) is 0 Å². The molecule has 0 bridgehead atoms. The maximum atomic E-state index is 12.7. The molecule has 2 rings (SSSR count). The molecule has 0 saturated heterocycles. The zero-order valence-corrected chi connectivity index (χ0v) is 12.2. The fraction of sp³-hybridized carbons (Fsp3) is 0.0625. The molecule has 0 aliphatic heterocycles. The maximum Gasteiger partial charge on any atom is 0.244 e. The lowest BCUT2D eigenvalue weighted by atomic mass is 10.2. The summed E-state index contributed by atoms with van der Waals surface area (Å²) < 4.78 is 13.7. The summed E-state index contributed by atoms with van der Waals surface area (Å²) in [6, 6.07) is 13.7. The van der Waals surface area contributed by atoms with Gasteiger partial charge < -0.3 is 5.32 Å². The van der Waals surface area contributed by atoms with Gasteiger partial charge in [-0.15, -0.1) is 0 Å². The van der Waals surface area contributed by atoms with Gasteiger partial charge in [0.1, 0.15) is 5.82 Å². The molecule has 0 saturated carbocycles. The van der Waals surface area contributed by atoms with Crippen LogP contribution < -0.4 is 5.32 Å². The number of carbonyl (C=O) groups excluding carboxylic acids is 1. The Balaban J connectivity index is 1.88. The van der Waals surface area contributed by atoms with Crippen molar-refractivity contribution in [3.05, 3.63) is 76.0 Å². The summed E-state index contributed by atoms with van der Waals surface area (Å²) in [5.41, 5.74) is 1.80. The van der Waals surface area contributed by atoms with Crippen LogP contribution in [0.15, 0.2) is 59.1 Å². The molecule has 2 nitrogen and oxygen atoms in total. The topological polar surface area (TPSA) is 29.1 Å². The monoisotopic (exact) mass is 333 g/mol. The minimum Gasteiger partial charge on any atom is -0.348 e. The van der Waals surface area contributed by atoms with Gasteiger partial charge in [-0.3, -0.25) is 4.79 Å². The number of nitrogens with one attached hydrogen (secondary N) is 1. The molecular formula is C16H13BrFNO. The highest BCUT2D eigenvalue weighted by Gasteiger charge is 1.98. The smallest absolute Gasteiger partial charge is 0.244 e. The van der Waals surface area contributed by atoms with Gasteiger partial charge in [0.15, 0.2) is 0 Å². The minimum atomic E-state index is -0.291. The number of hydrogen-bond donors (Lipinski definition) is 1. The van der Waals surface area contributed by atoms with E-state index < -0.39 is 0 Å². The van der Waals surface area contributed by atoms with Crippen molar-refractivity contribution in [3.8, 4) is 0 Å². The third kappa shape index (κ3) is 4.63. The normalized spacial score (nSPS) is 10.7. The molecule has 1 amide bonds. The fourth-order valence-electron chi connectivity index (χ4n) is 1.64. The Labute approximate surface area is 125 Å². The summed E-state index contributed by atoms with van der Waals surface area (Å²) in [6.45, 7) is 0.464. The van der Waals surface area contributed by atoms with Gasteiger partial charge in [-0.05, 0) is 41.5 Å². The van der Waals surface area contributed by atoms with Crippen LogP contribution in [-0.2, 0) is 11.3 Å². The highest BCUT2D eigenvalue weighted by molar-refractivity contribution is 9.10. The lowest BCUT2D eigenvalue weighted by Crippen LogP contribution is -2.20. The first-order valence-electron chi connectivity index (χ1n) is 6.09. The van der Waals surface area contributed by atoms with Crippen molar-refractivity contribution in [2.75, 3.05) is 0 Å². The molecule has 0 heterocycles. The third-order valence-corrected chi connectivity index (χ3v) is 3.15. The van der Waals surface area contributed by atoms with Crippen LogP contribution in [-0.4, -0.2) is 5.91 Å². The maximum absolute atomic E-state index is 12.7. The predicted molar refractivity (Wildman–Crippen MR) is 81.4 cm³/mol. The van der Waals surface area contributed by atoms with Crippen LogP contribution in [0.5, 0.6) is 0 Å². The molecule has 102 valence electrons. The van der Waals surface area contributed by atoms with Crippen molar-refractivity contribution in [1.82, 2.24) is 5.32 Å². The zero-order valence-electron chi connectivity index (χ0n) is 10.6. The third-order valence-electron chi connectivity index (χ3n) is 2.65. The van der Waals surface area contributed by atoms with E-state index >= 15 is 0 Å². The largest absolute Gasteiger partial charge is 0.348 e. The Kier molecular flexibility index (Phi) is 5.07. The highest BCUT2D eigenvalue weighted by atomic mass is 79.9. The SMILES string of the molecule is O=C(/C=C/c1ccc(F)cc1)NCc1cccc(Br)c1. The summed E-state index contributed by atoms with van der Waals surface area (Å²) >= 11 is 3.38. The molecule has 0 radical (unpaired) electrons. The molecule has 2 aromatic rings. The second-order valence-corrected chi connectivity index (χ2v) is 5.15. The van der Waals surface area contributed by atoms with Crippen LogP contribution in [0.25, 0.3) is 6.08 Å². The van der Waals surface area contributed by atoms with Gasteiger partial charge in [0.25, 0.3) is 0 Å². The first-order chi connectivity index (χ1) is 9.63. The van der Waals surface area contributed by atoms with Crippen LogP contribution in [0.4, 0.5) is 4.39 Å². The molecule has 4 heteroatoms. The molecular weight excluding hydrogens is 321 g/mol. The summed E-state index contributed by atoms with van der Waals surface area (Å²) in [7, 11) is 0. The average Bonchev–Trinajstić information content (AvgIpc) is 2.45. The first kappa shape index (κ1) is 14.5. The van der Waals surface area contributed by atoms with E-state index in [1.54, 1.807) is 18.2 Å². The molecule has 0 aliphatic rings. The summed E-state index contributed by atoms with van der Waals surface area (Å²) in [6.07, 6.45) is 3.08. The van der Waals surface area contributed by atoms with Gasteiger partial charge >= 0.3 is 0 Å². The Hall–Kier alpha value is -1.94. The predicted octanol–water partition coefficient (Wildman–Crippen LogP) is 3.92. The highest BCUT2D eigenvalue weighted by Crippen LogP contribution is 2.11. The van der Waals surface area contributed by atoms with Gasteiger partial charge in [-0.1, -0.05) is 40.2 Å². The molecule has 0 unspecified atom stereocenters. The number of carbonyl (C=O) groups is 1. The van der Waals surface area contributed by atoms with Crippen molar-refractivity contribution in [1.29, 1.82) is 0 Å². The minimum absolute atomic E-state index is 0.186. The molecule has 0 atom stereocenters. The van der Waals surface area contributed by atoms with Gasteiger partial charge in [0.2, 0.25) is 5.91 Å². The van der Waals surface area contributed by atoms with Crippen molar-refractivity contribution in [2.45, 2.75) is 6.54 Å². The van der Waals surface area contributed by atoms with Gasteiger partial charge in [-0.2, -0.15) is 0 Å². The number of halogens is 2. The van der Waals surface area contributed by atoms with Crippen LogP contribution in [0.1, 0.15) is 11.1 Å². The molecule has 0 aliphatic carbocycles. The first-order valence-corrected chi connectivity index (χ1v) is 6.89. The van der Waals surface area contributed by atoms with Crippen LogP contribution in [0, 0.1) is 5.82 Å². The molecule has 20 heavy (non-hydrogen) atoms. The Morgan fingerprint density at radius 2 is 1.95 bits per heavy atom. The van der Waals surface area contributed by atoms with Crippen molar-refractivity contribution in [2.24, 2.45) is 0 Å². The van der Waals surface area contributed by atoms with Crippen LogP contribution in [0.3, 0.4) is 0 Å². The summed E-state index contributed by atoms with van der Waals surface area (Å²) in [4.78, 5) is 11.7. The molecule has 2 aromatic carbocycles. The summed E-state index contributed by atoms with van der Waals surface area (Å²) in [5.74, 6) is -0.476. The van der Waals surface area contributed by atoms with E-state index in [1.807, 2.05) is 24.3 Å². The number of hydrogen-bond acceptors (Lipinski definition) is 1. The second-order valence-electron chi connectivity index (χ2n) is 4.23. The van der Waals surface area contributed by atoms with E-state index in [2.05, 4.69) is 21.2 Å². The Morgan fingerprint density at radius 1 is 1.20 bits per heavy atom. The van der Waals surface area contributed by atoms with Crippen LogP contribution in [0.2, 0.25) is 0 Å². The van der Waals surface area contributed by atoms with Gasteiger partial charge in [0, 0.05) is 17.1 Å². The lowest BCUT2D eigenvalue weighted by molar-refractivity contribution is -0.116. The standard InChI is InChI=1S/C16H13BrFNO/c17-14-3-1-2-13(10-14)11-19-16(20)9-6-12-4-7-15(18)8-5-12/h1-10H,11H2,(H,19,20)/b9-6+. The number of rotatable bonds is 4. The van der Waals surface area contributed by atoms with E-state index in [0.717, 1.165) is 15.6 Å². The quantitative estimate of drug-likeness (QED) is 0.844. The number of benzene rings is 2. The van der Waals surface area contributed by atoms with Crippen LogP contribution >= 0.6 is 15.9 Å². The van der Waals surface area contributed by atoms with Crippen molar-refractivity contribution in [3.63, 3.8) is 0 Å². The summed E-state index contributed by atoms with van der Waals surface area (Å²) in [5, 5.41) is 2.79. The number of amides is 1. The Bertz CT molecular complexity index is 623. The Morgan fingerprint density at radius 3 is 2.65 bits per heavy atom. The second kappa shape index (κ2) is 7.01. The molecule has 1 N–H and O–H groups in total.